The van der Waals surface area contributed by atoms with Crippen LogP contribution in [0, 0.1) is 15.3 Å². The topological polar surface area (TPSA) is 149 Å². The first-order valence-electron chi connectivity index (χ1n) is 8.51. The van der Waals surface area contributed by atoms with Crippen molar-refractivity contribution < 1.29 is 19.7 Å². The number of nitro groups is 1. The lowest BCUT2D eigenvalue weighted by molar-refractivity contribution is -0.556. The third kappa shape index (κ3) is 6.40. The fourth-order valence-electron chi connectivity index (χ4n) is 2.66. The van der Waals surface area contributed by atoms with Crippen LogP contribution in [0.5, 0.6) is 5.75 Å². The van der Waals surface area contributed by atoms with Crippen LogP contribution in [0.25, 0.3) is 0 Å². The van der Waals surface area contributed by atoms with Gasteiger partial charge in [0.2, 0.25) is 0 Å². The molecule has 2 aromatic rings. The van der Waals surface area contributed by atoms with Crippen LogP contribution in [0.15, 0.2) is 53.8 Å². The van der Waals surface area contributed by atoms with Gasteiger partial charge in [-0.2, -0.15) is 0 Å². The molecule has 0 amide bonds. The standard InChI is InChI=1S/C18H22N4O5.H3N/c1-27-18-11-9-16(10-12-18)20(13-3-2-4-14-21(24)19-23)15-5-7-17(8-6-15)22(25)26;/h5-12,23H,2-4,13-14H2,1H3;1H3/b21-19-;. The number of benzene rings is 2. The summed E-state index contributed by atoms with van der Waals surface area (Å²) in [5.41, 5.74) is 1.80. The Bertz CT molecular complexity index is 765. The van der Waals surface area contributed by atoms with Gasteiger partial charge < -0.3 is 26.2 Å². The van der Waals surface area contributed by atoms with Crippen molar-refractivity contribution in [2.75, 3.05) is 25.1 Å². The molecule has 0 bridgehead atoms. The van der Waals surface area contributed by atoms with Gasteiger partial charge in [-0.3, -0.25) is 10.1 Å². The molecule has 2 rings (SSSR count). The molecule has 0 aliphatic rings. The zero-order valence-corrected chi connectivity index (χ0v) is 15.7. The van der Waals surface area contributed by atoms with Gasteiger partial charge in [-0.05, 0) is 49.2 Å². The van der Waals surface area contributed by atoms with Crippen molar-refractivity contribution in [3.8, 4) is 5.75 Å². The maximum absolute atomic E-state index is 10.9. The summed E-state index contributed by atoms with van der Waals surface area (Å²) in [7, 11) is 1.60. The minimum Gasteiger partial charge on any atom is -0.597 e. The number of hydroxylamine groups is 1. The van der Waals surface area contributed by atoms with E-state index in [-0.39, 0.29) is 23.2 Å². The molecule has 2 aromatic carbocycles. The molecule has 10 nitrogen and oxygen atoms in total. The fraction of sp³-hybridized carbons (Fsp3) is 0.333. The number of hydrogen-bond acceptors (Lipinski definition) is 7. The minimum absolute atomic E-state index is 0. The lowest BCUT2D eigenvalue weighted by atomic mass is 10.1. The predicted octanol–water partition coefficient (Wildman–Crippen LogP) is 4.43. The number of anilines is 2. The molecule has 4 N–H and O–H groups in total. The first kappa shape index (κ1) is 22.6. The Morgan fingerprint density at radius 2 is 1.57 bits per heavy atom. The van der Waals surface area contributed by atoms with Gasteiger partial charge in [-0.1, -0.05) is 4.86 Å². The second kappa shape index (κ2) is 11.3. The molecule has 152 valence electrons. The average molecular weight is 391 g/mol. The predicted molar refractivity (Wildman–Crippen MR) is 105 cm³/mol. The quantitative estimate of drug-likeness (QED) is 0.200. The fourth-order valence-corrected chi connectivity index (χ4v) is 2.66. The number of ether oxygens (including phenoxy) is 1. The van der Waals surface area contributed by atoms with Crippen molar-refractivity contribution in [3.63, 3.8) is 0 Å². The smallest absolute Gasteiger partial charge is 0.269 e. The van der Waals surface area contributed by atoms with Crippen LogP contribution in [-0.4, -0.2) is 35.2 Å². The SMILES string of the molecule is COc1ccc(N(CCCCC/[N+]([O-])=N/O)c2ccc([N+](=O)[O-])cc2)cc1.N. The van der Waals surface area contributed by atoms with Crippen molar-refractivity contribution in [1.29, 1.82) is 0 Å². The van der Waals surface area contributed by atoms with E-state index >= 15 is 0 Å². The number of unbranched alkanes of at least 4 members (excludes halogenated alkanes) is 2. The van der Waals surface area contributed by atoms with E-state index in [0.29, 0.717) is 13.0 Å². The summed E-state index contributed by atoms with van der Waals surface area (Å²) >= 11 is 0. The molecule has 0 heterocycles. The monoisotopic (exact) mass is 391 g/mol. The van der Waals surface area contributed by atoms with E-state index < -0.39 is 4.92 Å². The zero-order chi connectivity index (χ0) is 19.6. The van der Waals surface area contributed by atoms with E-state index in [0.717, 1.165) is 30.0 Å². The summed E-state index contributed by atoms with van der Waals surface area (Å²) < 4.78 is 5.19. The third-order valence-corrected chi connectivity index (χ3v) is 4.09. The van der Waals surface area contributed by atoms with Crippen LogP contribution in [0.3, 0.4) is 0 Å². The summed E-state index contributed by atoms with van der Waals surface area (Å²) in [6, 6.07) is 13.9. The molecule has 0 aromatic heterocycles. The normalized spacial score (nSPS) is 10.8. The molecule has 0 spiro atoms. The van der Waals surface area contributed by atoms with Crippen molar-refractivity contribution in [1.82, 2.24) is 6.15 Å². The van der Waals surface area contributed by atoms with Crippen LogP contribution in [0.2, 0.25) is 0 Å². The highest BCUT2D eigenvalue weighted by Crippen LogP contribution is 2.29. The number of non-ortho nitro benzene ring substituents is 1. The summed E-state index contributed by atoms with van der Waals surface area (Å²) in [5.74, 6) is 0.741. The number of methoxy groups -OCH3 is 1. The van der Waals surface area contributed by atoms with Crippen LogP contribution < -0.4 is 15.8 Å². The van der Waals surface area contributed by atoms with Crippen molar-refractivity contribution >= 4 is 17.1 Å². The van der Waals surface area contributed by atoms with E-state index in [2.05, 4.69) is 10.2 Å². The highest BCUT2D eigenvalue weighted by atomic mass is 16.6. The van der Waals surface area contributed by atoms with Gasteiger partial charge in [-0.15, -0.1) is 0 Å². The van der Waals surface area contributed by atoms with Gasteiger partial charge in [0, 0.05) is 36.5 Å². The molecule has 0 saturated carbocycles. The molecule has 0 unspecified atom stereocenters. The van der Waals surface area contributed by atoms with Crippen molar-refractivity contribution in [2.24, 2.45) is 5.28 Å². The Hall–Kier alpha value is -3.40. The number of nitrogens with zero attached hydrogens (tertiary/aromatic N) is 4. The third-order valence-electron chi connectivity index (χ3n) is 4.09. The van der Waals surface area contributed by atoms with E-state index in [4.69, 9.17) is 9.94 Å². The highest BCUT2D eigenvalue weighted by Gasteiger charge is 2.12. The molecule has 0 atom stereocenters. The molecule has 0 fully saturated rings. The number of rotatable bonds is 10. The Morgan fingerprint density at radius 1 is 1.00 bits per heavy atom. The molecular weight excluding hydrogens is 366 g/mol. The average Bonchev–Trinajstić information content (AvgIpc) is 2.70. The summed E-state index contributed by atoms with van der Waals surface area (Å²) in [6.07, 6.45) is 2.17. The minimum atomic E-state index is -0.428. The maximum Gasteiger partial charge on any atom is 0.269 e. The van der Waals surface area contributed by atoms with Gasteiger partial charge in [0.25, 0.3) is 5.69 Å². The van der Waals surface area contributed by atoms with E-state index in [1.54, 1.807) is 19.2 Å². The highest BCUT2D eigenvalue weighted by molar-refractivity contribution is 5.65. The van der Waals surface area contributed by atoms with Gasteiger partial charge in [-0.25, -0.2) is 0 Å². The summed E-state index contributed by atoms with van der Waals surface area (Å²) in [4.78, 5) is 12.7. The van der Waals surface area contributed by atoms with E-state index in [9.17, 15) is 15.3 Å². The van der Waals surface area contributed by atoms with Crippen molar-refractivity contribution in [3.05, 3.63) is 63.9 Å². The molecule has 0 saturated heterocycles. The second-order valence-electron chi connectivity index (χ2n) is 5.85. The van der Waals surface area contributed by atoms with E-state index in [1.807, 2.05) is 24.3 Å². The van der Waals surface area contributed by atoms with Crippen molar-refractivity contribution in [2.45, 2.75) is 19.3 Å². The molecule has 0 radical (unpaired) electrons. The van der Waals surface area contributed by atoms with E-state index in [1.165, 1.54) is 12.1 Å². The Morgan fingerprint density at radius 3 is 2.07 bits per heavy atom. The van der Waals surface area contributed by atoms with Gasteiger partial charge in [0.1, 0.15) is 5.75 Å². The number of hydrogen-bond donors (Lipinski definition) is 2. The largest absolute Gasteiger partial charge is 0.597 e. The number of nitro benzene ring substituents is 1. The molecule has 10 heteroatoms. The Labute approximate surface area is 162 Å². The maximum atomic E-state index is 10.9. The lowest BCUT2D eigenvalue weighted by Gasteiger charge is -2.25. The van der Waals surface area contributed by atoms with Gasteiger partial charge in [0.15, 0.2) is 11.8 Å². The Kier molecular flexibility index (Phi) is 9.17. The lowest BCUT2D eigenvalue weighted by Crippen LogP contribution is -2.18. The first-order valence-corrected chi connectivity index (χ1v) is 8.51. The Balaban J connectivity index is 0.00000392. The second-order valence-corrected chi connectivity index (χ2v) is 5.85. The van der Waals surface area contributed by atoms with Crippen LogP contribution in [-0.2, 0) is 0 Å². The zero-order valence-electron chi connectivity index (χ0n) is 15.7. The van der Waals surface area contributed by atoms with Gasteiger partial charge in [0.05, 0.1) is 12.0 Å². The van der Waals surface area contributed by atoms with Crippen LogP contribution in [0.1, 0.15) is 19.3 Å². The molecule has 0 aliphatic carbocycles. The summed E-state index contributed by atoms with van der Waals surface area (Å²) in [5, 5.41) is 32.7. The summed E-state index contributed by atoms with van der Waals surface area (Å²) in [6.45, 7) is 0.801. The molecule has 28 heavy (non-hydrogen) atoms. The van der Waals surface area contributed by atoms with Crippen LogP contribution >= 0.6 is 0 Å². The molecular formula is C18H25N5O5. The van der Waals surface area contributed by atoms with Crippen LogP contribution in [0.4, 0.5) is 17.1 Å². The molecule has 0 aliphatic heterocycles. The van der Waals surface area contributed by atoms with Gasteiger partial charge >= 0.3 is 0 Å². The first-order chi connectivity index (χ1) is 13.0.